The van der Waals surface area contributed by atoms with Gasteiger partial charge in [0, 0.05) is 21.0 Å². The molecule has 2 aliphatic rings. The van der Waals surface area contributed by atoms with E-state index in [-0.39, 0.29) is 17.3 Å². The SMILES string of the molecule is CC1(C)c2sc(=O)n(CC(=O)Nc3ccc(Cl)cc3)c2SC2C(=O)N(c3ccc(F)cc3)C(=O)C21. The largest absolute Gasteiger partial charge is 0.325 e. The Morgan fingerprint density at radius 3 is 2.37 bits per heavy atom. The first-order chi connectivity index (χ1) is 16.6. The molecule has 0 spiro atoms. The Hall–Kier alpha value is -2.95. The lowest BCUT2D eigenvalue weighted by atomic mass is 9.76. The van der Waals surface area contributed by atoms with Gasteiger partial charge in [0.15, 0.2) is 0 Å². The van der Waals surface area contributed by atoms with Gasteiger partial charge >= 0.3 is 4.87 Å². The van der Waals surface area contributed by atoms with Gasteiger partial charge in [0.2, 0.25) is 17.7 Å². The lowest BCUT2D eigenvalue weighted by Crippen LogP contribution is -2.41. The summed E-state index contributed by atoms with van der Waals surface area (Å²) in [6.45, 7) is 3.42. The van der Waals surface area contributed by atoms with Crippen LogP contribution in [0.1, 0.15) is 18.7 Å². The topological polar surface area (TPSA) is 88.5 Å². The molecule has 0 bridgehead atoms. The lowest BCUT2D eigenvalue weighted by molar-refractivity contribution is -0.123. The highest BCUT2D eigenvalue weighted by atomic mass is 35.5. The average Bonchev–Trinajstić information content (AvgIpc) is 3.25. The zero-order valence-electron chi connectivity index (χ0n) is 18.6. The number of thiazole rings is 1. The van der Waals surface area contributed by atoms with Crippen molar-refractivity contribution in [1.29, 1.82) is 0 Å². The minimum atomic E-state index is -0.825. The minimum Gasteiger partial charge on any atom is -0.325 e. The number of halogens is 2. The molecule has 3 heterocycles. The molecule has 2 unspecified atom stereocenters. The fourth-order valence-electron chi connectivity index (χ4n) is 4.49. The van der Waals surface area contributed by atoms with Crippen molar-refractivity contribution in [2.24, 2.45) is 5.92 Å². The monoisotopic (exact) mass is 531 g/mol. The summed E-state index contributed by atoms with van der Waals surface area (Å²) in [5, 5.41) is 3.01. The molecule has 1 aromatic heterocycles. The number of nitrogens with zero attached hydrogens (tertiary/aromatic N) is 2. The summed E-state index contributed by atoms with van der Waals surface area (Å²) in [5.41, 5.74) is 0.0144. The van der Waals surface area contributed by atoms with Crippen LogP contribution in [0.4, 0.5) is 15.8 Å². The number of hydrogen-bond donors (Lipinski definition) is 1. The first kappa shape index (κ1) is 23.8. The van der Waals surface area contributed by atoms with Crippen LogP contribution in [-0.4, -0.2) is 27.5 Å². The quantitative estimate of drug-likeness (QED) is 0.508. The van der Waals surface area contributed by atoms with E-state index in [4.69, 9.17) is 11.6 Å². The Kier molecular flexibility index (Phi) is 5.85. The molecule has 1 saturated heterocycles. The molecule has 180 valence electrons. The summed E-state index contributed by atoms with van der Waals surface area (Å²) in [5.74, 6) is -2.39. The summed E-state index contributed by atoms with van der Waals surface area (Å²) in [4.78, 5) is 53.8. The number of carbonyl (C=O) groups is 3. The van der Waals surface area contributed by atoms with Crippen LogP contribution in [0.25, 0.3) is 0 Å². The van der Waals surface area contributed by atoms with E-state index in [1.54, 1.807) is 24.3 Å². The molecule has 7 nitrogen and oxygen atoms in total. The fourth-order valence-corrected chi connectivity index (χ4v) is 7.65. The van der Waals surface area contributed by atoms with E-state index in [0.29, 0.717) is 26.3 Å². The van der Waals surface area contributed by atoms with Gasteiger partial charge in [-0.05, 0) is 48.5 Å². The van der Waals surface area contributed by atoms with Crippen molar-refractivity contribution >= 4 is 63.8 Å². The first-order valence-electron chi connectivity index (χ1n) is 10.7. The molecule has 3 amide bonds. The Bertz CT molecular complexity index is 1420. The molecule has 2 atom stereocenters. The van der Waals surface area contributed by atoms with Crippen LogP contribution in [0.2, 0.25) is 5.02 Å². The number of hydrogen-bond acceptors (Lipinski definition) is 6. The van der Waals surface area contributed by atoms with E-state index in [0.717, 1.165) is 28.0 Å². The second-order valence-electron chi connectivity index (χ2n) is 8.87. The highest BCUT2D eigenvalue weighted by molar-refractivity contribution is 8.00. The molecule has 3 aromatic rings. The zero-order valence-corrected chi connectivity index (χ0v) is 21.0. The number of imide groups is 1. The maximum absolute atomic E-state index is 13.4. The van der Waals surface area contributed by atoms with Crippen LogP contribution in [0.15, 0.2) is 58.4 Å². The predicted molar refractivity (Wildman–Crippen MR) is 134 cm³/mol. The summed E-state index contributed by atoms with van der Waals surface area (Å²) in [6, 6.07) is 11.8. The van der Waals surface area contributed by atoms with Gasteiger partial charge in [-0.3, -0.25) is 23.7 Å². The Balaban J connectivity index is 1.46. The molecule has 5 rings (SSSR count). The number of anilines is 2. The number of thioether (sulfide) groups is 1. The average molecular weight is 532 g/mol. The number of nitrogens with one attached hydrogen (secondary N) is 1. The molecule has 1 N–H and O–H groups in total. The zero-order chi connectivity index (χ0) is 25.1. The third kappa shape index (κ3) is 3.99. The maximum Gasteiger partial charge on any atom is 0.308 e. The minimum absolute atomic E-state index is 0.239. The van der Waals surface area contributed by atoms with Crippen LogP contribution in [0, 0.1) is 11.7 Å². The second-order valence-corrected chi connectivity index (χ2v) is 11.4. The van der Waals surface area contributed by atoms with Gasteiger partial charge in [-0.15, -0.1) is 0 Å². The van der Waals surface area contributed by atoms with Crippen molar-refractivity contribution in [1.82, 2.24) is 4.57 Å². The van der Waals surface area contributed by atoms with Crippen molar-refractivity contribution < 1.29 is 18.8 Å². The maximum atomic E-state index is 13.4. The van der Waals surface area contributed by atoms with Gasteiger partial charge in [0.05, 0.1) is 16.6 Å². The standard InChI is InChI=1S/C24H19ClFN3O4S2/c1-24(2)17-18(21(32)29(20(17)31)15-9-5-13(26)6-10-15)34-22-19(24)35-23(33)28(22)11-16(30)27-14-7-3-12(25)4-8-14/h3-10,17-18H,11H2,1-2H3,(H,27,30). The van der Waals surface area contributed by atoms with Gasteiger partial charge in [0.1, 0.15) is 17.6 Å². The lowest BCUT2D eigenvalue weighted by Gasteiger charge is -2.36. The molecular formula is C24H19ClFN3O4S2. The fraction of sp³-hybridized carbons (Fsp3) is 0.250. The van der Waals surface area contributed by atoms with Crippen molar-refractivity contribution in [2.45, 2.75) is 36.1 Å². The van der Waals surface area contributed by atoms with E-state index in [9.17, 15) is 23.6 Å². The van der Waals surface area contributed by atoms with E-state index < -0.39 is 34.2 Å². The number of carbonyl (C=O) groups excluding carboxylic acids is 3. The van der Waals surface area contributed by atoms with Gasteiger partial charge in [0.25, 0.3) is 0 Å². The van der Waals surface area contributed by atoms with Crippen LogP contribution in [-0.2, 0) is 26.3 Å². The smallest absolute Gasteiger partial charge is 0.308 e. The summed E-state index contributed by atoms with van der Waals surface area (Å²) in [6.07, 6.45) is 0. The molecule has 0 saturated carbocycles. The number of fused-ring (bicyclic) bond motifs is 2. The molecule has 2 aromatic carbocycles. The molecule has 0 aliphatic carbocycles. The summed E-state index contributed by atoms with van der Waals surface area (Å²) >= 11 is 8.00. The number of rotatable bonds is 4. The molecule has 2 aliphatic heterocycles. The van der Waals surface area contributed by atoms with Gasteiger partial charge < -0.3 is 5.32 Å². The van der Waals surface area contributed by atoms with Gasteiger partial charge in [-0.1, -0.05) is 48.5 Å². The number of benzene rings is 2. The Morgan fingerprint density at radius 1 is 1.06 bits per heavy atom. The Labute approximate surface area is 212 Å². The normalized spacial score (nSPS) is 20.5. The van der Waals surface area contributed by atoms with Crippen LogP contribution in [0.3, 0.4) is 0 Å². The third-order valence-corrected chi connectivity index (χ3v) is 9.29. The second kappa shape index (κ2) is 8.61. The molecule has 35 heavy (non-hydrogen) atoms. The first-order valence-corrected chi connectivity index (χ1v) is 12.7. The van der Waals surface area contributed by atoms with Crippen LogP contribution < -0.4 is 15.1 Å². The summed E-state index contributed by atoms with van der Waals surface area (Å²) in [7, 11) is 0. The van der Waals surface area contributed by atoms with E-state index in [1.165, 1.54) is 28.8 Å². The van der Waals surface area contributed by atoms with Gasteiger partial charge in [-0.25, -0.2) is 9.29 Å². The van der Waals surface area contributed by atoms with E-state index >= 15 is 0 Å². The van der Waals surface area contributed by atoms with E-state index in [1.807, 2.05) is 13.8 Å². The van der Waals surface area contributed by atoms with Crippen molar-refractivity contribution in [2.75, 3.05) is 10.2 Å². The molecular weight excluding hydrogens is 513 g/mol. The third-order valence-electron chi connectivity index (χ3n) is 6.22. The van der Waals surface area contributed by atoms with Crippen molar-refractivity contribution in [3.05, 3.63) is 73.9 Å². The number of aromatic nitrogens is 1. The van der Waals surface area contributed by atoms with Crippen molar-refractivity contribution in [3.63, 3.8) is 0 Å². The van der Waals surface area contributed by atoms with Gasteiger partial charge in [-0.2, -0.15) is 0 Å². The molecule has 1 fully saturated rings. The summed E-state index contributed by atoms with van der Waals surface area (Å²) < 4.78 is 14.8. The van der Waals surface area contributed by atoms with Crippen molar-refractivity contribution in [3.8, 4) is 0 Å². The van der Waals surface area contributed by atoms with Crippen LogP contribution in [0.5, 0.6) is 0 Å². The van der Waals surface area contributed by atoms with E-state index in [2.05, 4.69) is 5.32 Å². The molecule has 11 heteroatoms. The highest BCUT2D eigenvalue weighted by Crippen LogP contribution is 2.54. The number of amides is 3. The Morgan fingerprint density at radius 2 is 1.71 bits per heavy atom. The predicted octanol–water partition coefficient (Wildman–Crippen LogP) is 4.28. The highest BCUT2D eigenvalue weighted by Gasteiger charge is 2.59. The van der Waals surface area contributed by atoms with Crippen LogP contribution >= 0.6 is 34.7 Å². The molecule has 0 radical (unpaired) electrons.